The van der Waals surface area contributed by atoms with Crippen LogP contribution in [0.15, 0.2) is 59.3 Å². The SMILES string of the molecule is C[C@@H](O)C(=O)N1CCC(Cc2nc3c(-c4ccc(-c5ccccc5)nc4)cnn3c(N)c2Br)CC1. The molecule has 1 amide bonds. The normalized spacial score (nSPS) is 15.5. The summed E-state index contributed by atoms with van der Waals surface area (Å²) in [7, 11) is 0. The van der Waals surface area contributed by atoms with E-state index in [4.69, 9.17) is 10.7 Å². The van der Waals surface area contributed by atoms with Gasteiger partial charge in [-0.2, -0.15) is 9.61 Å². The van der Waals surface area contributed by atoms with E-state index in [1.807, 2.05) is 48.7 Å². The number of nitrogens with zero attached hydrogens (tertiary/aromatic N) is 5. The van der Waals surface area contributed by atoms with Crippen LogP contribution in [0, 0.1) is 5.92 Å². The maximum absolute atomic E-state index is 12.1. The van der Waals surface area contributed by atoms with Crippen LogP contribution in [-0.2, 0) is 11.2 Å². The van der Waals surface area contributed by atoms with E-state index in [1.54, 1.807) is 15.6 Å². The van der Waals surface area contributed by atoms with Gasteiger partial charge in [-0.3, -0.25) is 9.78 Å². The fourth-order valence-corrected chi connectivity index (χ4v) is 5.03. The number of carbonyl (C=O) groups is 1. The largest absolute Gasteiger partial charge is 0.384 e. The predicted octanol–water partition coefficient (Wildman–Crippen LogP) is 3.96. The van der Waals surface area contributed by atoms with Crippen molar-refractivity contribution >= 4 is 33.3 Å². The molecule has 4 heterocycles. The molecule has 180 valence electrons. The van der Waals surface area contributed by atoms with Crippen molar-refractivity contribution in [2.75, 3.05) is 18.8 Å². The van der Waals surface area contributed by atoms with Crippen molar-refractivity contribution in [1.82, 2.24) is 24.5 Å². The van der Waals surface area contributed by atoms with Crippen molar-refractivity contribution in [3.8, 4) is 22.4 Å². The van der Waals surface area contributed by atoms with E-state index in [1.165, 1.54) is 6.92 Å². The number of benzene rings is 1. The molecule has 0 saturated carbocycles. The van der Waals surface area contributed by atoms with Crippen LogP contribution in [0.4, 0.5) is 5.82 Å². The molecular formula is C26H27BrN6O2. The van der Waals surface area contributed by atoms with Crippen molar-refractivity contribution in [3.05, 3.63) is 65.0 Å². The van der Waals surface area contributed by atoms with Crippen LogP contribution in [0.25, 0.3) is 28.0 Å². The minimum absolute atomic E-state index is 0.204. The molecular weight excluding hydrogens is 508 g/mol. The second kappa shape index (κ2) is 9.75. The first-order valence-corrected chi connectivity index (χ1v) is 12.5. The Hall–Kier alpha value is -3.30. The number of likely N-dealkylation sites (tertiary alicyclic amines) is 1. The number of anilines is 1. The molecule has 1 atom stereocenters. The number of piperidine rings is 1. The van der Waals surface area contributed by atoms with Crippen LogP contribution >= 0.6 is 15.9 Å². The molecule has 0 unspecified atom stereocenters. The summed E-state index contributed by atoms with van der Waals surface area (Å²) in [5, 5.41) is 14.1. The third kappa shape index (κ3) is 4.66. The molecule has 1 fully saturated rings. The fourth-order valence-electron chi connectivity index (χ4n) is 4.61. The molecule has 1 saturated heterocycles. The first kappa shape index (κ1) is 23.4. The van der Waals surface area contributed by atoms with E-state index in [0.29, 0.717) is 30.5 Å². The van der Waals surface area contributed by atoms with Gasteiger partial charge in [0.15, 0.2) is 5.65 Å². The van der Waals surface area contributed by atoms with Gasteiger partial charge in [0.1, 0.15) is 11.9 Å². The van der Waals surface area contributed by atoms with Gasteiger partial charge in [-0.05, 0) is 54.1 Å². The quantitative estimate of drug-likeness (QED) is 0.401. The molecule has 3 aromatic heterocycles. The summed E-state index contributed by atoms with van der Waals surface area (Å²) < 4.78 is 2.40. The van der Waals surface area contributed by atoms with Gasteiger partial charge < -0.3 is 15.7 Å². The Labute approximate surface area is 211 Å². The van der Waals surface area contributed by atoms with E-state index in [-0.39, 0.29) is 5.91 Å². The lowest BCUT2D eigenvalue weighted by Crippen LogP contribution is -2.43. The van der Waals surface area contributed by atoms with E-state index in [2.05, 4.69) is 26.0 Å². The molecule has 0 spiro atoms. The third-order valence-corrected chi connectivity index (χ3v) is 7.46. The number of rotatable bonds is 5. The van der Waals surface area contributed by atoms with Crippen LogP contribution in [0.5, 0.6) is 0 Å². The molecule has 0 bridgehead atoms. The van der Waals surface area contributed by atoms with Gasteiger partial charge in [0.05, 0.1) is 22.1 Å². The van der Waals surface area contributed by atoms with Gasteiger partial charge in [0, 0.05) is 36.0 Å². The molecule has 4 aromatic rings. The Balaban J connectivity index is 1.40. The highest BCUT2D eigenvalue weighted by atomic mass is 79.9. The number of amides is 1. The molecule has 35 heavy (non-hydrogen) atoms. The number of hydrogen-bond donors (Lipinski definition) is 2. The van der Waals surface area contributed by atoms with Gasteiger partial charge in [-0.15, -0.1) is 0 Å². The highest BCUT2D eigenvalue weighted by Gasteiger charge is 2.27. The number of nitrogen functional groups attached to an aromatic ring is 1. The number of aliphatic hydroxyl groups is 1. The predicted molar refractivity (Wildman–Crippen MR) is 138 cm³/mol. The molecule has 1 aliphatic heterocycles. The van der Waals surface area contributed by atoms with E-state index in [9.17, 15) is 9.90 Å². The third-order valence-electron chi connectivity index (χ3n) is 6.60. The van der Waals surface area contributed by atoms with Gasteiger partial charge in [-0.25, -0.2) is 4.98 Å². The van der Waals surface area contributed by atoms with Gasteiger partial charge in [0.25, 0.3) is 5.91 Å². The summed E-state index contributed by atoms with van der Waals surface area (Å²) in [6.45, 7) is 2.80. The summed E-state index contributed by atoms with van der Waals surface area (Å²) in [5.74, 6) is 0.674. The summed E-state index contributed by atoms with van der Waals surface area (Å²) in [4.78, 5) is 23.4. The van der Waals surface area contributed by atoms with Crippen LogP contribution in [-0.4, -0.2) is 54.7 Å². The maximum atomic E-state index is 12.1. The van der Waals surface area contributed by atoms with Crippen LogP contribution in [0.2, 0.25) is 0 Å². The standard InChI is InChI=1S/C26H27BrN6O2/c1-16(34)26(35)32-11-9-17(10-12-32)13-22-23(27)24(28)33-25(31-22)20(15-30-33)19-7-8-21(29-14-19)18-5-3-2-4-6-18/h2-8,14-17,34H,9-13,28H2,1H3/t16-/m1/s1. The number of halogens is 1. The Kier molecular flexibility index (Phi) is 6.53. The van der Waals surface area contributed by atoms with Gasteiger partial charge in [-0.1, -0.05) is 36.4 Å². The number of nitrogens with two attached hydrogens (primary N) is 1. The fraction of sp³-hybridized carbons (Fsp3) is 0.308. The summed E-state index contributed by atoms with van der Waals surface area (Å²) in [5.41, 5.74) is 11.8. The molecule has 3 N–H and O–H groups in total. The summed E-state index contributed by atoms with van der Waals surface area (Å²) in [6, 6.07) is 14.1. The van der Waals surface area contributed by atoms with Crippen molar-refractivity contribution < 1.29 is 9.90 Å². The van der Waals surface area contributed by atoms with Crippen molar-refractivity contribution in [3.63, 3.8) is 0 Å². The topological polar surface area (TPSA) is 110 Å². The maximum Gasteiger partial charge on any atom is 0.251 e. The lowest BCUT2D eigenvalue weighted by atomic mass is 9.91. The molecule has 0 radical (unpaired) electrons. The molecule has 9 heteroatoms. The molecule has 1 aliphatic rings. The highest BCUT2D eigenvalue weighted by molar-refractivity contribution is 9.10. The van der Waals surface area contributed by atoms with Crippen LogP contribution in [0.3, 0.4) is 0 Å². The smallest absolute Gasteiger partial charge is 0.251 e. The minimum Gasteiger partial charge on any atom is -0.384 e. The molecule has 1 aromatic carbocycles. The van der Waals surface area contributed by atoms with Crippen molar-refractivity contribution in [2.45, 2.75) is 32.3 Å². The zero-order valence-corrected chi connectivity index (χ0v) is 21.0. The second-order valence-electron chi connectivity index (χ2n) is 9.00. The van der Waals surface area contributed by atoms with Crippen molar-refractivity contribution in [1.29, 1.82) is 0 Å². The van der Waals surface area contributed by atoms with Crippen molar-refractivity contribution in [2.24, 2.45) is 5.92 Å². The molecule has 5 rings (SSSR count). The molecule has 8 nitrogen and oxygen atoms in total. The van der Waals surface area contributed by atoms with E-state index < -0.39 is 6.10 Å². The number of pyridine rings is 1. The number of aliphatic hydroxyl groups excluding tert-OH is 1. The van der Waals surface area contributed by atoms with Crippen LogP contribution < -0.4 is 5.73 Å². The Morgan fingerprint density at radius 2 is 1.89 bits per heavy atom. The number of hydrogen-bond acceptors (Lipinski definition) is 6. The average Bonchev–Trinajstić information content (AvgIpc) is 3.31. The van der Waals surface area contributed by atoms with Gasteiger partial charge in [0.2, 0.25) is 0 Å². The van der Waals surface area contributed by atoms with Gasteiger partial charge >= 0.3 is 0 Å². The first-order chi connectivity index (χ1) is 16.9. The zero-order valence-electron chi connectivity index (χ0n) is 19.4. The van der Waals surface area contributed by atoms with E-state index >= 15 is 0 Å². The second-order valence-corrected chi connectivity index (χ2v) is 9.79. The summed E-state index contributed by atoms with van der Waals surface area (Å²) >= 11 is 3.62. The number of fused-ring (bicyclic) bond motifs is 1. The minimum atomic E-state index is -0.957. The lowest BCUT2D eigenvalue weighted by Gasteiger charge is -2.32. The first-order valence-electron chi connectivity index (χ1n) is 11.7. The Morgan fingerprint density at radius 1 is 1.14 bits per heavy atom. The monoisotopic (exact) mass is 534 g/mol. The van der Waals surface area contributed by atoms with E-state index in [0.717, 1.165) is 51.8 Å². The Bertz CT molecular complexity index is 1350. The zero-order chi connectivity index (χ0) is 24.5. The lowest BCUT2D eigenvalue weighted by molar-refractivity contribution is -0.140. The summed E-state index contributed by atoms with van der Waals surface area (Å²) in [6.07, 6.45) is 5.11. The highest BCUT2D eigenvalue weighted by Crippen LogP contribution is 2.32. The number of aromatic nitrogens is 4. The number of carbonyl (C=O) groups excluding carboxylic acids is 1. The average molecular weight is 535 g/mol. The molecule has 0 aliphatic carbocycles. The Morgan fingerprint density at radius 3 is 2.54 bits per heavy atom. The van der Waals surface area contributed by atoms with Crippen LogP contribution in [0.1, 0.15) is 25.5 Å².